The van der Waals surface area contributed by atoms with E-state index >= 15 is 0 Å². The summed E-state index contributed by atoms with van der Waals surface area (Å²) in [7, 11) is -3.57. The minimum absolute atomic E-state index is 0.0948. The third-order valence-corrected chi connectivity index (χ3v) is 8.02. The first-order valence-electron chi connectivity index (χ1n) is 8.34. The van der Waals surface area contributed by atoms with Crippen molar-refractivity contribution in [3.05, 3.63) is 47.3 Å². The highest BCUT2D eigenvalue weighted by Crippen LogP contribution is 2.29. The number of hydrogen-bond donors (Lipinski definition) is 1. The largest absolute Gasteiger partial charge is 0.338 e. The first-order valence-corrected chi connectivity index (χ1v) is 10.6. The lowest BCUT2D eigenvalue weighted by atomic mass is 9.91. The molecule has 7 heteroatoms. The molecule has 1 amide bonds. The van der Waals surface area contributed by atoms with E-state index in [1.807, 2.05) is 6.92 Å². The minimum Gasteiger partial charge on any atom is -0.338 e. The van der Waals surface area contributed by atoms with Crippen LogP contribution in [-0.2, 0) is 9.84 Å². The summed E-state index contributed by atoms with van der Waals surface area (Å²) in [6.45, 7) is 3.34. The number of benzene rings is 1. The van der Waals surface area contributed by atoms with E-state index in [0.29, 0.717) is 23.9 Å². The molecule has 1 saturated heterocycles. The Balaban J connectivity index is 1.75. The molecule has 1 atom stereocenters. The standard InChI is InChI=1S/C18H22N2O3S2/c1-13(19)14-9-11-20(12-10-14)18(21)16-7-8-17(24-16)25(22,23)15-5-3-2-4-6-15/h2-8,13-14H,9-12,19H2,1H3. The molecule has 5 nitrogen and oxygen atoms in total. The summed E-state index contributed by atoms with van der Waals surface area (Å²) >= 11 is 1.04. The van der Waals surface area contributed by atoms with Crippen molar-refractivity contribution in [2.45, 2.75) is 34.9 Å². The number of hydrogen-bond acceptors (Lipinski definition) is 5. The van der Waals surface area contributed by atoms with E-state index in [-0.39, 0.29) is 21.1 Å². The number of amides is 1. The highest BCUT2D eigenvalue weighted by molar-refractivity contribution is 7.93. The zero-order chi connectivity index (χ0) is 18.0. The lowest BCUT2D eigenvalue weighted by Crippen LogP contribution is -2.42. The summed E-state index contributed by atoms with van der Waals surface area (Å²) in [5.41, 5.74) is 5.94. The molecule has 25 heavy (non-hydrogen) atoms. The Morgan fingerprint density at radius 2 is 1.80 bits per heavy atom. The molecule has 1 aromatic carbocycles. The van der Waals surface area contributed by atoms with Crippen molar-refractivity contribution in [2.24, 2.45) is 11.7 Å². The zero-order valence-corrected chi connectivity index (χ0v) is 15.7. The first kappa shape index (κ1) is 18.1. The Kier molecular flexibility index (Phi) is 5.27. The molecule has 0 spiro atoms. The number of nitrogens with two attached hydrogens (primary N) is 1. The van der Waals surface area contributed by atoms with Crippen LogP contribution in [0.25, 0.3) is 0 Å². The number of thiophene rings is 1. The molecule has 2 N–H and O–H groups in total. The Morgan fingerprint density at radius 3 is 2.40 bits per heavy atom. The maximum absolute atomic E-state index is 12.7. The van der Waals surface area contributed by atoms with Gasteiger partial charge in [-0.3, -0.25) is 4.79 Å². The number of carbonyl (C=O) groups is 1. The average Bonchev–Trinajstić information content (AvgIpc) is 3.13. The van der Waals surface area contributed by atoms with Gasteiger partial charge in [0.15, 0.2) is 0 Å². The summed E-state index contributed by atoms with van der Waals surface area (Å²) in [4.78, 5) is 15.2. The minimum atomic E-state index is -3.57. The number of nitrogens with zero attached hydrogens (tertiary/aromatic N) is 1. The zero-order valence-electron chi connectivity index (χ0n) is 14.1. The predicted octanol–water partition coefficient (Wildman–Crippen LogP) is 2.78. The van der Waals surface area contributed by atoms with Crippen molar-refractivity contribution >= 4 is 27.1 Å². The SMILES string of the molecule is CC(N)C1CCN(C(=O)c2ccc(S(=O)(=O)c3ccccc3)s2)CC1. The molecule has 1 aromatic heterocycles. The van der Waals surface area contributed by atoms with E-state index in [9.17, 15) is 13.2 Å². The molecule has 0 aliphatic carbocycles. The van der Waals surface area contributed by atoms with E-state index in [1.165, 1.54) is 6.07 Å². The monoisotopic (exact) mass is 378 g/mol. The summed E-state index contributed by atoms with van der Waals surface area (Å²) < 4.78 is 25.5. The second-order valence-corrected chi connectivity index (χ2v) is 9.68. The molecule has 134 valence electrons. The van der Waals surface area contributed by atoms with Gasteiger partial charge >= 0.3 is 0 Å². The van der Waals surface area contributed by atoms with Gasteiger partial charge in [0.25, 0.3) is 5.91 Å². The summed E-state index contributed by atoms with van der Waals surface area (Å²) in [6.07, 6.45) is 1.79. The Hall–Kier alpha value is -1.70. The maximum Gasteiger partial charge on any atom is 0.263 e. The lowest BCUT2D eigenvalue weighted by molar-refractivity contribution is 0.0686. The predicted molar refractivity (Wildman–Crippen MR) is 98.5 cm³/mol. The van der Waals surface area contributed by atoms with Crippen LogP contribution in [0, 0.1) is 5.92 Å². The molecule has 2 aromatic rings. The average molecular weight is 379 g/mol. The van der Waals surface area contributed by atoms with E-state index in [4.69, 9.17) is 5.73 Å². The summed E-state index contributed by atoms with van der Waals surface area (Å²) in [5, 5.41) is 0. The number of piperidine rings is 1. The van der Waals surface area contributed by atoms with Crippen LogP contribution in [0.1, 0.15) is 29.4 Å². The maximum atomic E-state index is 12.7. The van der Waals surface area contributed by atoms with Crippen LogP contribution in [0.15, 0.2) is 51.6 Å². The Bertz CT molecular complexity index is 836. The van der Waals surface area contributed by atoms with Gasteiger partial charge in [-0.05, 0) is 49.9 Å². The van der Waals surface area contributed by atoms with Crippen LogP contribution in [0.2, 0.25) is 0 Å². The topological polar surface area (TPSA) is 80.5 Å². The van der Waals surface area contributed by atoms with Crippen molar-refractivity contribution < 1.29 is 13.2 Å². The van der Waals surface area contributed by atoms with Crippen LogP contribution < -0.4 is 5.73 Å². The molecular formula is C18H22N2O3S2. The van der Waals surface area contributed by atoms with Crippen molar-refractivity contribution in [3.63, 3.8) is 0 Å². The van der Waals surface area contributed by atoms with E-state index in [0.717, 1.165) is 24.2 Å². The second-order valence-electron chi connectivity index (χ2n) is 6.42. The molecule has 0 bridgehead atoms. The van der Waals surface area contributed by atoms with Crippen molar-refractivity contribution in [1.29, 1.82) is 0 Å². The Morgan fingerprint density at radius 1 is 1.16 bits per heavy atom. The number of rotatable bonds is 4. The van der Waals surface area contributed by atoms with Crippen molar-refractivity contribution in [2.75, 3.05) is 13.1 Å². The van der Waals surface area contributed by atoms with Gasteiger partial charge in [0.2, 0.25) is 9.84 Å². The fourth-order valence-corrected chi connectivity index (χ4v) is 5.78. The normalized spacial score (nSPS) is 17.4. The molecule has 3 rings (SSSR count). The molecule has 1 unspecified atom stereocenters. The van der Waals surface area contributed by atoms with Crippen LogP contribution in [-0.4, -0.2) is 38.4 Å². The molecule has 2 heterocycles. The van der Waals surface area contributed by atoms with E-state index in [2.05, 4.69) is 0 Å². The van der Waals surface area contributed by atoms with Gasteiger partial charge in [0.05, 0.1) is 9.77 Å². The van der Waals surface area contributed by atoms with Crippen LogP contribution >= 0.6 is 11.3 Å². The lowest BCUT2D eigenvalue weighted by Gasteiger charge is -2.33. The summed E-state index contributed by atoms with van der Waals surface area (Å²) in [6, 6.07) is 11.6. The van der Waals surface area contributed by atoms with Crippen LogP contribution in [0.3, 0.4) is 0 Å². The smallest absolute Gasteiger partial charge is 0.263 e. The molecule has 1 fully saturated rings. The first-order chi connectivity index (χ1) is 11.9. The highest BCUT2D eigenvalue weighted by atomic mass is 32.2. The van der Waals surface area contributed by atoms with Crippen LogP contribution in [0.5, 0.6) is 0 Å². The fraction of sp³-hybridized carbons (Fsp3) is 0.389. The van der Waals surface area contributed by atoms with Gasteiger partial charge in [0.1, 0.15) is 4.21 Å². The van der Waals surface area contributed by atoms with Crippen LogP contribution in [0.4, 0.5) is 0 Å². The van der Waals surface area contributed by atoms with Crippen molar-refractivity contribution in [1.82, 2.24) is 4.90 Å². The van der Waals surface area contributed by atoms with Crippen molar-refractivity contribution in [3.8, 4) is 0 Å². The summed E-state index contributed by atoms with van der Waals surface area (Å²) in [5.74, 6) is 0.351. The molecule has 0 radical (unpaired) electrons. The van der Waals surface area contributed by atoms with Gasteiger partial charge in [0, 0.05) is 19.1 Å². The molecule has 0 saturated carbocycles. The molecule has 1 aliphatic heterocycles. The van der Waals surface area contributed by atoms with Gasteiger partial charge < -0.3 is 10.6 Å². The number of likely N-dealkylation sites (tertiary alicyclic amines) is 1. The quantitative estimate of drug-likeness (QED) is 0.887. The van der Waals surface area contributed by atoms with Gasteiger partial charge in [-0.2, -0.15) is 0 Å². The van der Waals surface area contributed by atoms with Gasteiger partial charge in [-0.1, -0.05) is 18.2 Å². The highest BCUT2D eigenvalue weighted by Gasteiger charge is 2.27. The Labute approximate surface area is 152 Å². The van der Waals surface area contributed by atoms with E-state index < -0.39 is 9.84 Å². The number of sulfone groups is 1. The molecule has 1 aliphatic rings. The fourth-order valence-electron chi connectivity index (χ4n) is 3.08. The third kappa shape index (κ3) is 3.78. The van der Waals surface area contributed by atoms with E-state index in [1.54, 1.807) is 41.3 Å². The second kappa shape index (κ2) is 7.27. The number of carbonyl (C=O) groups excluding carboxylic acids is 1. The third-order valence-electron chi connectivity index (χ3n) is 4.68. The van der Waals surface area contributed by atoms with Gasteiger partial charge in [-0.15, -0.1) is 11.3 Å². The molecular weight excluding hydrogens is 356 g/mol. The van der Waals surface area contributed by atoms with Gasteiger partial charge in [-0.25, -0.2) is 8.42 Å².